The number of pyridine rings is 1. The number of nitrogens with one attached hydrogen (secondary N) is 3. The second-order valence-corrected chi connectivity index (χ2v) is 6.18. The Morgan fingerprint density at radius 2 is 2.07 bits per heavy atom. The van der Waals surface area contributed by atoms with Crippen molar-refractivity contribution in [1.82, 2.24) is 4.98 Å². The van der Waals surface area contributed by atoms with E-state index in [4.69, 9.17) is 26.4 Å². The number of aromatic nitrogens is 1. The number of allylic oxidation sites excluding steroid dienone is 1. The average molecular weight is 406 g/mol. The summed E-state index contributed by atoms with van der Waals surface area (Å²) in [6.07, 6.45) is 12.2. The van der Waals surface area contributed by atoms with E-state index in [0.717, 1.165) is 34.4 Å². The number of hydrogen-bond donors (Lipinski definition) is 5. The van der Waals surface area contributed by atoms with Gasteiger partial charge in [0, 0.05) is 54.3 Å². The highest BCUT2D eigenvalue weighted by atomic mass is 16.5. The van der Waals surface area contributed by atoms with Crippen LogP contribution >= 0.6 is 0 Å². The summed E-state index contributed by atoms with van der Waals surface area (Å²) in [6.45, 7) is 0.308. The molecule has 8 nitrogen and oxygen atoms in total. The van der Waals surface area contributed by atoms with Crippen molar-refractivity contribution >= 4 is 35.8 Å². The van der Waals surface area contributed by atoms with Crippen LogP contribution in [0.1, 0.15) is 23.1 Å². The van der Waals surface area contributed by atoms with Crippen molar-refractivity contribution in [3.63, 3.8) is 0 Å². The molecule has 1 aromatic carbocycles. The molecule has 2 rings (SSSR count). The highest BCUT2D eigenvalue weighted by Crippen LogP contribution is 2.18. The Balaban J connectivity index is 2.00. The van der Waals surface area contributed by atoms with E-state index in [9.17, 15) is 0 Å². The van der Waals surface area contributed by atoms with Crippen LogP contribution in [0.15, 0.2) is 60.1 Å². The molecule has 8 heteroatoms. The van der Waals surface area contributed by atoms with Crippen molar-refractivity contribution in [3.05, 3.63) is 71.8 Å². The number of ether oxygens (including phenoxy) is 1. The maximum atomic E-state index is 8.88. The molecule has 0 aliphatic rings. The Morgan fingerprint density at radius 3 is 2.77 bits per heavy atom. The summed E-state index contributed by atoms with van der Waals surface area (Å²) in [5, 5.41) is 26.5. The second-order valence-electron chi connectivity index (χ2n) is 6.18. The van der Waals surface area contributed by atoms with E-state index in [2.05, 4.69) is 15.3 Å². The summed E-state index contributed by atoms with van der Waals surface area (Å²) in [4.78, 5) is 8.31. The smallest absolute Gasteiger partial charge is 0.189 e. The highest BCUT2D eigenvalue weighted by Gasteiger charge is 2.04. The van der Waals surface area contributed by atoms with E-state index < -0.39 is 0 Å². The van der Waals surface area contributed by atoms with Gasteiger partial charge in [0.25, 0.3) is 0 Å². The van der Waals surface area contributed by atoms with Crippen LogP contribution in [0.4, 0.5) is 5.69 Å². The van der Waals surface area contributed by atoms with Gasteiger partial charge >= 0.3 is 0 Å². The van der Waals surface area contributed by atoms with Gasteiger partial charge < -0.3 is 20.9 Å². The van der Waals surface area contributed by atoms with Gasteiger partial charge in [0.15, 0.2) is 12.3 Å². The van der Waals surface area contributed by atoms with Gasteiger partial charge in [0.05, 0.1) is 13.2 Å². The summed E-state index contributed by atoms with van der Waals surface area (Å²) in [6, 6.07) is 9.74. The molecule has 0 aliphatic carbocycles. The molecule has 0 fully saturated rings. The molecule has 0 aliphatic heterocycles. The molecule has 30 heavy (non-hydrogen) atoms. The summed E-state index contributed by atoms with van der Waals surface area (Å²) in [7, 11) is 0. The number of nitrogens with zero attached hydrogens (tertiary/aromatic N) is 2. The molecular formula is C22H26N6O2. The lowest BCUT2D eigenvalue weighted by Gasteiger charge is -2.07. The van der Waals surface area contributed by atoms with E-state index >= 15 is 0 Å². The second kappa shape index (κ2) is 12.6. The molecule has 6 N–H and O–H groups in total. The number of aliphatic hydroxyl groups is 1. The van der Waals surface area contributed by atoms with Gasteiger partial charge in [-0.3, -0.25) is 20.8 Å². The number of rotatable bonds is 11. The Morgan fingerprint density at radius 1 is 1.27 bits per heavy atom. The van der Waals surface area contributed by atoms with Crippen LogP contribution in [0, 0.1) is 10.8 Å². The maximum Gasteiger partial charge on any atom is 0.189 e. The SMILES string of the molecule is N=COC(=N)CCc1ccc(N/C=C/c2cnccc2C(C=NCCO)=CN)cc1. The third-order valence-electron chi connectivity index (χ3n) is 4.11. The van der Waals surface area contributed by atoms with E-state index in [1.54, 1.807) is 18.6 Å². The van der Waals surface area contributed by atoms with Gasteiger partial charge in [-0.25, -0.2) is 0 Å². The maximum absolute atomic E-state index is 8.88. The van der Waals surface area contributed by atoms with E-state index in [1.165, 1.54) is 6.20 Å². The fourth-order valence-electron chi connectivity index (χ4n) is 2.61. The van der Waals surface area contributed by atoms with Gasteiger partial charge in [0.2, 0.25) is 0 Å². The fourth-order valence-corrected chi connectivity index (χ4v) is 2.61. The van der Waals surface area contributed by atoms with E-state index in [-0.39, 0.29) is 12.5 Å². The molecule has 0 unspecified atom stereocenters. The molecule has 0 spiro atoms. The number of aryl methyl sites for hydroxylation is 1. The first-order valence-corrected chi connectivity index (χ1v) is 9.40. The summed E-state index contributed by atoms with van der Waals surface area (Å²) in [5.41, 5.74) is 10.2. The molecule has 1 heterocycles. The Kier molecular flexibility index (Phi) is 9.48. The number of nitrogens with two attached hydrogens (primary N) is 1. The number of benzene rings is 1. The topological polar surface area (TPSA) is 140 Å². The molecule has 156 valence electrons. The lowest BCUT2D eigenvalue weighted by molar-refractivity contribution is 0.307. The number of aliphatic hydroxyl groups excluding tert-OH is 1. The molecular weight excluding hydrogens is 380 g/mol. The molecule has 0 atom stereocenters. The van der Waals surface area contributed by atoms with E-state index in [0.29, 0.717) is 19.4 Å². The minimum atomic E-state index is -0.0136. The van der Waals surface area contributed by atoms with Crippen molar-refractivity contribution in [2.75, 3.05) is 18.5 Å². The van der Waals surface area contributed by atoms with Crippen molar-refractivity contribution in [3.8, 4) is 0 Å². The first kappa shape index (κ1) is 22.5. The van der Waals surface area contributed by atoms with Gasteiger partial charge in [-0.05, 0) is 41.8 Å². The van der Waals surface area contributed by atoms with Crippen LogP contribution in [0.5, 0.6) is 0 Å². The van der Waals surface area contributed by atoms with Crippen LogP contribution < -0.4 is 11.1 Å². The summed E-state index contributed by atoms with van der Waals surface area (Å²) in [5.74, 6) is 0.0784. The van der Waals surface area contributed by atoms with Crippen LogP contribution in [-0.4, -0.2) is 41.8 Å². The van der Waals surface area contributed by atoms with Crippen molar-refractivity contribution in [2.45, 2.75) is 12.8 Å². The van der Waals surface area contributed by atoms with Crippen molar-refractivity contribution in [2.24, 2.45) is 10.7 Å². The number of hydrogen-bond acceptors (Lipinski definition) is 8. The lowest BCUT2D eigenvalue weighted by Crippen LogP contribution is -2.02. The van der Waals surface area contributed by atoms with Crippen molar-refractivity contribution < 1.29 is 9.84 Å². The van der Waals surface area contributed by atoms with Gasteiger partial charge in [-0.2, -0.15) is 0 Å². The first-order valence-electron chi connectivity index (χ1n) is 9.40. The molecule has 0 saturated heterocycles. The van der Waals surface area contributed by atoms with E-state index in [1.807, 2.05) is 42.6 Å². The molecule has 1 aromatic heterocycles. The molecule has 2 aromatic rings. The normalized spacial score (nSPS) is 11.7. The monoisotopic (exact) mass is 406 g/mol. The zero-order chi connectivity index (χ0) is 21.6. The summed E-state index contributed by atoms with van der Waals surface area (Å²) < 4.78 is 4.71. The Hall–Kier alpha value is -3.78. The van der Waals surface area contributed by atoms with Crippen molar-refractivity contribution in [1.29, 1.82) is 10.8 Å². The zero-order valence-electron chi connectivity index (χ0n) is 16.6. The molecule has 0 bridgehead atoms. The van der Waals surface area contributed by atoms with Gasteiger partial charge in [0.1, 0.15) is 0 Å². The molecule has 0 saturated carbocycles. The van der Waals surface area contributed by atoms with Gasteiger partial charge in [-0.15, -0.1) is 0 Å². The first-order chi connectivity index (χ1) is 14.7. The molecule has 0 amide bonds. The molecule has 0 radical (unpaired) electrons. The Bertz CT molecular complexity index is 919. The fraction of sp³-hybridized carbons (Fsp3) is 0.182. The minimum absolute atomic E-state index is 0.0136. The van der Waals surface area contributed by atoms with Crippen LogP contribution in [-0.2, 0) is 11.2 Å². The quantitative estimate of drug-likeness (QED) is 0.288. The third-order valence-corrected chi connectivity index (χ3v) is 4.11. The predicted molar refractivity (Wildman–Crippen MR) is 122 cm³/mol. The number of anilines is 1. The van der Waals surface area contributed by atoms with Gasteiger partial charge in [-0.1, -0.05) is 12.1 Å². The Labute approximate surface area is 175 Å². The number of aliphatic imine (C=N–C) groups is 1. The summed E-state index contributed by atoms with van der Waals surface area (Å²) >= 11 is 0. The highest BCUT2D eigenvalue weighted by molar-refractivity contribution is 6.10. The average Bonchev–Trinajstić information content (AvgIpc) is 2.77. The zero-order valence-corrected chi connectivity index (χ0v) is 16.6. The largest absolute Gasteiger partial charge is 0.433 e. The lowest BCUT2D eigenvalue weighted by atomic mass is 10.0. The third kappa shape index (κ3) is 7.33. The predicted octanol–water partition coefficient (Wildman–Crippen LogP) is 3.06. The van der Waals surface area contributed by atoms with Crippen LogP contribution in [0.25, 0.3) is 11.6 Å². The minimum Gasteiger partial charge on any atom is -0.433 e. The standard InChI is InChI=1S/C22H26N6O2/c23-13-19(15-27-11-12-29)21-8-9-26-14-18(21)7-10-28-20-4-1-17(2-5-20)3-6-22(25)30-16-24/h1-2,4-5,7-10,13-16,24-25,28-29H,3,6,11-12,23H2/b10-7+,19-13?,24-16?,25-22?,27-15?. The van der Waals surface area contributed by atoms with Crippen LogP contribution in [0.3, 0.4) is 0 Å². The van der Waals surface area contributed by atoms with Crippen LogP contribution in [0.2, 0.25) is 0 Å².